The van der Waals surface area contributed by atoms with E-state index in [2.05, 4.69) is 17.1 Å². The van der Waals surface area contributed by atoms with Crippen LogP contribution in [0.2, 0.25) is 0 Å². The third-order valence-electron chi connectivity index (χ3n) is 3.52. The standard InChI is InChI=1S/C13H25N3O2/c1-4-5-7-14-13(18)11(2)16-8-6-12(17)15(3)9-10-16/h11H,4-10H2,1-3H3,(H,14,18). The molecular weight excluding hydrogens is 230 g/mol. The van der Waals surface area contributed by atoms with Crippen molar-refractivity contribution in [3.63, 3.8) is 0 Å². The molecule has 1 aliphatic rings. The molecule has 1 fully saturated rings. The van der Waals surface area contributed by atoms with Gasteiger partial charge < -0.3 is 10.2 Å². The van der Waals surface area contributed by atoms with Gasteiger partial charge in [-0.25, -0.2) is 0 Å². The number of carbonyl (C=O) groups excluding carboxylic acids is 2. The van der Waals surface area contributed by atoms with Gasteiger partial charge >= 0.3 is 0 Å². The van der Waals surface area contributed by atoms with Crippen LogP contribution in [0.15, 0.2) is 0 Å². The molecule has 1 N–H and O–H groups in total. The van der Waals surface area contributed by atoms with Gasteiger partial charge in [-0.15, -0.1) is 0 Å². The van der Waals surface area contributed by atoms with Crippen molar-refractivity contribution in [1.29, 1.82) is 0 Å². The van der Waals surface area contributed by atoms with Gasteiger partial charge in [-0.3, -0.25) is 14.5 Å². The predicted molar refractivity (Wildman–Crippen MR) is 71.2 cm³/mol. The minimum absolute atomic E-state index is 0.0699. The third-order valence-corrected chi connectivity index (χ3v) is 3.52. The number of unbranched alkanes of at least 4 members (excludes halogenated alkanes) is 1. The molecule has 0 aliphatic carbocycles. The van der Waals surface area contributed by atoms with Crippen molar-refractivity contribution in [2.75, 3.05) is 33.2 Å². The molecule has 1 rings (SSSR count). The maximum Gasteiger partial charge on any atom is 0.237 e. The van der Waals surface area contributed by atoms with Crippen molar-refractivity contribution in [3.8, 4) is 0 Å². The molecule has 1 unspecified atom stereocenters. The maximum absolute atomic E-state index is 11.9. The Morgan fingerprint density at radius 2 is 2.11 bits per heavy atom. The van der Waals surface area contributed by atoms with Crippen LogP contribution < -0.4 is 5.32 Å². The van der Waals surface area contributed by atoms with Crippen molar-refractivity contribution >= 4 is 11.8 Å². The zero-order valence-corrected chi connectivity index (χ0v) is 11.7. The number of hydrogen-bond acceptors (Lipinski definition) is 3. The fraction of sp³-hybridized carbons (Fsp3) is 0.846. The highest BCUT2D eigenvalue weighted by Crippen LogP contribution is 2.07. The first-order chi connectivity index (χ1) is 8.56. The van der Waals surface area contributed by atoms with Crippen molar-refractivity contribution in [2.45, 2.75) is 39.2 Å². The molecule has 0 aromatic rings. The molecule has 1 saturated heterocycles. The van der Waals surface area contributed by atoms with E-state index in [1.165, 1.54) is 0 Å². The largest absolute Gasteiger partial charge is 0.355 e. The molecule has 18 heavy (non-hydrogen) atoms. The first kappa shape index (κ1) is 15.0. The highest BCUT2D eigenvalue weighted by atomic mass is 16.2. The summed E-state index contributed by atoms with van der Waals surface area (Å²) < 4.78 is 0. The van der Waals surface area contributed by atoms with Crippen molar-refractivity contribution in [3.05, 3.63) is 0 Å². The van der Waals surface area contributed by atoms with Crippen LogP contribution in [-0.4, -0.2) is 60.9 Å². The molecule has 5 heteroatoms. The second kappa shape index (κ2) is 7.36. The monoisotopic (exact) mass is 255 g/mol. The van der Waals surface area contributed by atoms with Gasteiger partial charge in [0.2, 0.25) is 11.8 Å². The Hall–Kier alpha value is -1.10. The molecule has 104 valence electrons. The van der Waals surface area contributed by atoms with Crippen LogP contribution in [-0.2, 0) is 9.59 Å². The predicted octanol–water partition coefficient (Wildman–Crippen LogP) is 0.455. The first-order valence-corrected chi connectivity index (χ1v) is 6.82. The summed E-state index contributed by atoms with van der Waals surface area (Å²) in [5.74, 6) is 0.233. The summed E-state index contributed by atoms with van der Waals surface area (Å²) in [5, 5.41) is 2.94. The summed E-state index contributed by atoms with van der Waals surface area (Å²) in [6, 6.07) is -0.152. The number of nitrogens with one attached hydrogen (secondary N) is 1. The maximum atomic E-state index is 11.9. The second-order valence-corrected chi connectivity index (χ2v) is 4.92. The van der Waals surface area contributed by atoms with Gasteiger partial charge in [0.15, 0.2) is 0 Å². The Balaban J connectivity index is 2.43. The van der Waals surface area contributed by atoms with Gasteiger partial charge in [-0.1, -0.05) is 13.3 Å². The van der Waals surface area contributed by atoms with Crippen molar-refractivity contribution < 1.29 is 9.59 Å². The molecule has 0 radical (unpaired) electrons. The molecule has 2 amide bonds. The molecule has 0 bridgehead atoms. The molecule has 0 aromatic carbocycles. The van der Waals surface area contributed by atoms with E-state index in [-0.39, 0.29) is 17.9 Å². The summed E-state index contributed by atoms with van der Waals surface area (Å²) in [6.45, 7) is 6.90. The van der Waals surface area contributed by atoms with E-state index in [1.807, 2.05) is 14.0 Å². The number of likely N-dealkylation sites (N-methyl/N-ethyl adjacent to an activating group) is 1. The van der Waals surface area contributed by atoms with Gasteiger partial charge in [0.05, 0.1) is 6.04 Å². The Labute approximate surface area is 110 Å². The minimum Gasteiger partial charge on any atom is -0.355 e. The molecule has 0 spiro atoms. The zero-order valence-electron chi connectivity index (χ0n) is 11.7. The van der Waals surface area contributed by atoms with Crippen LogP contribution in [0.3, 0.4) is 0 Å². The van der Waals surface area contributed by atoms with Crippen LogP contribution in [0, 0.1) is 0 Å². The van der Waals surface area contributed by atoms with Gasteiger partial charge in [0, 0.05) is 39.6 Å². The summed E-state index contributed by atoms with van der Waals surface area (Å²) in [4.78, 5) is 27.3. The fourth-order valence-corrected chi connectivity index (χ4v) is 2.03. The van der Waals surface area contributed by atoms with E-state index in [0.717, 1.165) is 25.9 Å². The number of carbonyl (C=O) groups is 2. The molecule has 1 heterocycles. The smallest absolute Gasteiger partial charge is 0.237 e. The Kier molecular flexibility index (Phi) is 6.12. The van der Waals surface area contributed by atoms with Gasteiger partial charge in [-0.2, -0.15) is 0 Å². The molecule has 0 saturated carbocycles. The van der Waals surface area contributed by atoms with E-state index in [1.54, 1.807) is 4.90 Å². The summed E-state index contributed by atoms with van der Waals surface area (Å²) in [5.41, 5.74) is 0. The van der Waals surface area contributed by atoms with Gasteiger partial charge in [0.1, 0.15) is 0 Å². The van der Waals surface area contributed by atoms with E-state index in [9.17, 15) is 9.59 Å². The lowest BCUT2D eigenvalue weighted by Gasteiger charge is -2.26. The topological polar surface area (TPSA) is 52.7 Å². The fourth-order valence-electron chi connectivity index (χ4n) is 2.03. The molecule has 5 nitrogen and oxygen atoms in total. The normalized spacial score (nSPS) is 19.5. The lowest BCUT2D eigenvalue weighted by Crippen LogP contribution is -2.46. The van der Waals surface area contributed by atoms with Crippen LogP contribution in [0.25, 0.3) is 0 Å². The summed E-state index contributed by atoms with van der Waals surface area (Å²) in [6.07, 6.45) is 2.60. The van der Waals surface area contributed by atoms with E-state index >= 15 is 0 Å². The van der Waals surface area contributed by atoms with E-state index < -0.39 is 0 Å². The average molecular weight is 255 g/mol. The molecule has 0 aromatic heterocycles. The minimum atomic E-state index is -0.152. The highest BCUT2D eigenvalue weighted by Gasteiger charge is 2.25. The lowest BCUT2D eigenvalue weighted by atomic mass is 10.2. The van der Waals surface area contributed by atoms with Crippen LogP contribution in [0.4, 0.5) is 0 Å². The van der Waals surface area contributed by atoms with Gasteiger partial charge in [-0.05, 0) is 13.3 Å². The lowest BCUT2D eigenvalue weighted by molar-refractivity contribution is -0.129. The van der Waals surface area contributed by atoms with Gasteiger partial charge in [0.25, 0.3) is 0 Å². The SMILES string of the molecule is CCCCNC(=O)C(C)N1CCC(=O)N(C)CC1. The average Bonchev–Trinajstić information content (AvgIpc) is 2.52. The Morgan fingerprint density at radius 1 is 1.39 bits per heavy atom. The number of hydrogen-bond donors (Lipinski definition) is 1. The molecule has 1 aliphatic heterocycles. The van der Waals surface area contributed by atoms with Crippen molar-refractivity contribution in [2.24, 2.45) is 0 Å². The number of rotatable bonds is 5. The van der Waals surface area contributed by atoms with E-state index in [0.29, 0.717) is 19.5 Å². The summed E-state index contributed by atoms with van der Waals surface area (Å²) in [7, 11) is 1.82. The number of amides is 2. The zero-order chi connectivity index (χ0) is 13.5. The third kappa shape index (κ3) is 4.29. The molecular formula is C13H25N3O2. The Morgan fingerprint density at radius 3 is 2.78 bits per heavy atom. The highest BCUT2D eigenvalue weighted by molar-refractivity contribution is 5.81. The molecule has 1 atom stereocenters. The summed E-state index contributed by atoms with van der Waals surface area (Å²) >= 11 is 0. The first-order valence-electron chi connectivity index (χ1n) is 6.82. The van der Waals surface area contributed by atoms with Crippen LogP contribution >= 0.6 is 0 Å². The van der Waals surface area contributed by atoms with Crippen LogP contribution in [0.5, 0.6) is 0 Å². The van der Waals surface area contributed by atoms with Crippen LogP contribution in [0.1, 0.15) is 33.1 Å². The van der Waals surface area contributed by atoms with E-state index in [4.69, 9.17) is 0 Å². The number of nitrogens with zero attached hydrogens (tertiary/aromatic N) is 2. The van der Waals surface area contributed by atoms with Crippen molar-refractivity contribution in [1.82, 2.24) is 15.1 Å². The Bertz CT molecular complexity index is 294. The second-order valence-electron chi connectivity index (χ2n) is 4.92. The quantitative estimate of drug-likeness (QED) is 0.726.